The highest BCUT2D eigenvalue weighted by atomic mass is 16.5. The molecule has 6 heteroatoms. The van der Waals surface area contributed by atoms with Crippen LogP contribution < -0.4 is 9.47 Å². The summed E-state index contributed by atoms with van der Waals surface area (Å²) in [6.45, 7) is 1.39. The van der Waals surface area contributed by atoms with Crippen molar-refractivity contribution in [3.63, 3.8) is 0 Å². The van der Waals surface area contributed by atoms with Gasteiger partial charge in [-0.2, -0.15) is 0 Å². The van der Waals surface area contributed by atoms with Crippen molar-refractivity contribution in [2.45, 2.75) is 57.5 Å². The lowest BCUT2D eigenvalue weighted by Crippen LogP contribution is -2.31. The predicted molar refractivity (Wildman–Crippen MR) is 90.0 cm³/mol. The number of aromatic nitrogens is 2. The van der Waals surface area contributed by atoms with Crippen molar-refractivity contribution in [1.82, 2.24) is 14.9 Å². The van der Waals surface area contributed by atoms with Gasteiger partial charge >= 0.3 is 0 Å². The molecule has 1 unspecified atom stereocenters. The highest BCUT2D eigenvalue weighted by molar-refractivity contribution is 5.76. The van der Waals surface area contributed by atoms with E-state index in [-0.39, 0.29) is 12.0 Å². The lowest BCUT2D eigenvalue weighted by molar-refractivity contribution is -0.130. The topological polar surface area (TPSA) is 64.6 Å². The number of hydrogen-bond donors (Lipinski definition) is 0. The molecule has 0 spiro atoms. The van der Waals surface area contributed by atoms with E-state index >= 15 is 0 Å². The first-order valence-corrected chi connectivity index (χ1v) is 9.05. The molecule has 1 amide bonds. The Morgan fingerprint density at radius 2 is 1.92 bits per heavy atom. The molecule has 3 rings (SSSR count). The van der Waals surface area contributed by atoms with Gasteiger partial charge in [0.05, 0.1) is 13.7 Å². The summed E-state index contributed by atoms with van der Waals surface area (Å²) in [4.78, 5) is 22.6. The van der Waals surface area contributed by atoms with Gasteiger partial charge in [-0.25, -0.2) is 9.97 Å². The fourth-order valence-corrected chi connectivity index (χ4v) is 3.70. The summed E-state index contributed by atoms with van der Waals surface area (Å²) < 4.78 is 11.0. The van der Waals surface area contributed by atoms with Crippen LogP contribution in [0.4, 0.5) is 0 Å². The number of nitrogens with zero attached hydrogens (tertiary/aromatic N) is 3. The summed E-state index contributed by atoms with van der Waals surface area (Å²) in [5.41, 5.74) is 0. The second-order valence-electron chi connectivity index (χ2n) is 6.78. The number of hydrogen-bond acceptors (Lipinski definition) is 5. The van der Waals surface area contributed by atoms with Crippen LogP contribution in [0.5, 0.6) is 11.8 Å². The van der Waals surface area contributed by atoms with Crippen molar-refractivity contribution in [2.75, 3.05) is 20.2 Å². The molecule has 1 atom stereocenters. The summed E-state index contributed by atoms with van der Waals surface area (Å²) in [6.07, 6.45) is 12.3. The third-order valence-electron chi connectivity index (χ3n) is 5.09. The summed E-state index contributed by atoms with van der Waals surface area (Å²) >= 11 is 0. The number of carbonyl (C=O) groups is 1. The Morgan fingerprint density at radius 1 is 1.17 bits per heavy atom. The van der Waals surface area contributed by atoms with Gasteiger partial charge in [-0.3, -0.25) is 4.79 Å². The first kappa shape index (κ1) is 17.0. The first-order chi connectivity index (χ1) is 11.8. The molecule has 2 aliphatic rings. The number of carbonyl (C=O) groups excluding carboxylic acids is 1. The zero-order chi connectivity index (χ0) is 16.8. The van der Waals surface area contributed by atoms with Crippen LogP contribution in [-0.2, 0) is 4.79 Å². The van der Waals surface area contributed by atoms with E-state index in [4.69, 9.17) is 9.47 Å². The highest BCUT2D eigenvalue weighted by Gasteiger charge is 2.29. The average Bonchev–Trinajstić information content (AvgIpc) is 3.10. The third-order valence-corrected chi connectivity index (χ3v) is 5.09. The van der Waals surface area contributed by atoms with Gasteiger partial charge in [0.1, 0.15) is 6.10 Å². The van der Waals surface area contributed by atoms with Crippen molar-refractivity contribution < 1.29 is 14.3 Å². The van der Waals surface area contributed by atoms with Gasteiger partial charge in [-0.15, -0.1) is 0 Å². The Kier molecular flexibility index (Phi) is 5.88. The van der Waals surface area contributed by atoms with Gasteiger partial charge < -0.3 is 14.4 Å². The third kappa shape index (κ3) is 4.36. The number of ether oxygens (including phenoxy) is 2. The molecule has 0 aromatic carbocycles. The molecule has 2 heterocycles. The van der Waals surface area contributed by atoms with Gasteiger partial charge in [0, 0.05) is 31.8 Å². The molecular weight excluding hydrogens is 306 g/mol. The zero-order valence-electron chi connectivity index (χ0n) is 14.4. The first-order valence-electron chi connectivity index (χ1n) is 9.05. The molecule has 1 aromatic heterocycles. The minimum atomic E-state index is -0.0331. The molecule has 1 saturated heterocycles. The van der Waals surface area contributed by atoms with Crippen molar-refractivity contribution in [1.29, 1.82) is 0 Å². The summed E-state index contributed by atoms with van der Waals surface area (Å²) in [5, 5.41) is 0. The van der Waals surface area contributed by atoms with Crippen LogP contribution in [0.25, 0.3) is 0 Å². The van der Waals surface area contributed by atoms with Crippen LogP contribution >= 0.6 is 0 Å². The Labute approximate surface area is 143 Å². The molecule has 24 heavy (non-hydrogen) atoms. The van der Waals surface area contributed by atoms with E-state index in [0.29, 0.717) is 24.7 Å². The van der Waals surface area contributed by atoms with E-state index in [2.05, 4.69) is 9.97 Å². The van der Waals surface area contributed by atoms with Crippen LogP contribution in [0.3, 0.4) is 0 Å². The van der Waals surface area contributed by atoms with Gasteiger partial charge in [-0.1, -0.05) is 32.1 Å². The van der Waals surface area contributed by atoms with Gasteiger partial charge in [-0.05, 0) is 12.3 Å². The van der Waals surface area contributed by atoms with Crippen LogP contribution in [0.1, 0.15) is 51.4 Å². The van der Waals surface area contributed by atoms with E-state index in [9.17, 15) is 4.79 Å². The Morgan fingerprint density at radius 3 is 2.67 bits per heavy atom. The minimum absolute atomic E-state index is 0.0331. The van der Waals surface area contributed by atoms with Crippen LogP contribution in [-0.4, -0.2) is 47.1 Å². The number of likely N-dealkylation sites (tertiary alicyclic amines) is 1. The fourth-order valence-electron chi connectivity index (χ4n) is 3.70. The van der Waals surface area contributed by atoms with E-state index in [1.165, 1.54) is 32.1 Å². The average molecular weight is 333 g/mol. The summed E-state index contributed by atoms with van der Waals surface area (Å²) in [5.74, 6) is 1.81. The van der Waals surface area contributed by atoms with Gasteiger partial charge in [0.15, 0.2) is 0 Å². The lowest BCUT2D eigenvalue weighted by atomic mass is 9.86. The maximum atomic E-state index is 12.4. The molecule has 132 valence electrons. The quantitative estimate of drug-likeness (QED) is 0.801. The Bertz CT molecular complexity index is 546. The predicted octanol–water partition coefficient (Wildman–Crippen LogP) is 2.83. The molecular formula is C18H27N3O3. The molecule has 1 aliphatic carbocycles. The Hall–Kier alpha value is -1.85. The zero-order valence-corrected chi connectivity index (χ0v) is 14.4. The van der Waals surface area contributed by atoms with Crippen molar-refractivity contribution >= 4 is 5.91 Å². The molecule has 1 saturated carbocycles. The van der Waals surface area contributed by atoms with Crippen molar-refractivity contribution in [3.8, 4) is 11.8 Å². The van der Waals surface area contributed by atoms with E-state index < -0.39 is 0 Å². The van der Waals surface area contributed by atoms with Crippen molar-refractivity contribution in [2.24, 2.45) is 5.92 Å². The second kappa shape index (κ2) is 8.31. The maximum Gasteiger partial charge on any atom is 0.278 e. The van der Waals surface area contributed by atoms with E-state index in [0.717, 1.165) is 25.3 Å². The number of rotatable bonds is 6. The monoisotopic (exact) mass is 333 g/mol. The molecule has 0 bridgehead atoms. The molecule has 2 fully saturated rings. The summed E-state index contributed by atoms with van der Waals surface area (Å²) in [7, 11) is 1.55. The van der Waals surface area contributed by atoms with Crippen LogP contribution in [0, 0.1) is 5.92 Å². The van der Waals surface area contributed by atoms with Gasteiger partial charge in [0.2, 0.25) is 5.91 Å². The normalized spacial score (nSPS) is 21.7. The molecule has 0 radical (unpaired) electrons. The number of methoxy groups -OCH3 is 1. The molecule has 6 nitrogen and oxygen atoms in total. The van der Waals surface area contributed by atoms with E-state index in [1.807, 2.05) is 4.90 Å². The van der Waals surface area contributed by atoms with Crippen LogP contribution in [0.2, 0.25) is 0 Å². The second-order valence-corrected chi connectivity index (χ2v) is 6.78. The minimum Gasteiger partial charge on any atom is -0.477 e. The van der Waals surface area contributed by atoms with Crippen LogP contribution in [0.15, 0.2) is 12.4 Å². The molecule has 1 aromatic rings. The lowest BCUT2D eigenvalue weighted by Gasteiger charge is -2.22. The number of amides is 1. The standard InChI is InChI=1S/C18H27N3O3/c1-23-17-18(20-11-10-19-17)24-15-9-12-21(13-15)16(22)8-7-14-5-3-2-4-6-14/h10-11,14-15H,2-9,12-13H2,1H3. The van der Waals surface area contributed by atoms with Gasteiger partial charge in [0.25, 0.3) is 11.8 Å². The summed E-state index contributed by atoms with van der Waals surface area (Å²) in [6, 6.07) is 0. The Balaban J connectivity index is 1.45. The highest BCUT2D eigenvalue weighted by Crippen LogP contribution is 2.28. The van der Waals surface area contributed by atoms with E-state index in [1.54, 1.807) is 19.5 Å². The van der Waals surface area contributed by atoms with Crippen molar-refractivity contribution in [3.05, 3.63) is 12.4 Å². The maximum absolute atomic E-state index is 12.4. The molecule has 0 N–H and O–H groups in total. The molecule has 1 aliphatic heterocycles. The smallest absolute Gasteiger partial charge is 0.278 e. The SMILES string of the molecule is COc1nccnc1OC1CCN(C(=O)CCC2CCCCC2)C1. The fraction of sp³-hybridized carbons (Fsp3) is 0.722. The largest absolute Gasteiger partial charge is 0.477 e.